The van der Waals surface area contributed by atoms with Crippen LogP contribution in [-0.2, 0) is 20.7 Å². The first kappa shape index (κ1) is 16.4. The first-order valence-corrected chi connectivity index (χ1v) is 7.35. The van der Waals surface area contributed by atoms with E-state index in [9.17, 15) is 14.0 Å². The molecule has 5 nitrogen and oxygen atoms in total. The third-order valence-corrected chi connectivity index (χ3v) is 3.92. The lowest BCUT2D eigenvalue weighted by Crippen LogP contribution is -2.54. The number of carbonyl (C=O) groups is 2. The third kappa shape index (κ3) is 3.82. The third-order valence-electron chi connectivity index (χ3n) is 3.92. The summed E-state index contributed by atoms with van der Waals surface area (Å²) in [5.74, 6) is -1.92. The Labute approximate surface area is 128 Å². The SMILES string of the molecule is C[C@@H](CCc1ccccc1F)C(=O)N1CCOC[C@H]1C(=O)O. The number of nitrogens with zero attached hydrogens (tertiary/aromatic N) is 1. The maximum absolute atomic E-state index is 13.6. The Kier molecular flexibility index (Phi) is 5.49. The molecule has 1 amide bonds. The number of benzene rings is 1. The van der Waals surface area contributed by atoms with E-state index in [1.54, 1.807) is 25.1 Å². The standard InChI is InChI=1S/C16H20FNO4/c1-11(6-7-12-4-2-3-5-13(12)17)15(19)18-8-9-22-10-14(18)16(20)21/h2-5,11,14H,6-10H2,1H3,(H,20,21)/t11-,14-/m0/s1. The van der Waals surface area contributed by atoms with Crippen molar-refractivity contribution in [2.75, 3.05) is 19.8 Å². The Morgan fingerprint density at radius 2 is 2.18 bits per heavy atom. The van der Waals surface area contributed by atoms with E-state index >= 15 is 0 Å². The molecule has 120 valence electrons. The summed E-state index contributed by atoms with van der Waals surface area (Å²) in [7, 11) is 0. The number of amides is 1. The normalized spacial score (nSPS) is 19.7. The predicted octanol–water partition coefficient (Wildman–Crippen LogP) is 1.71. The van der Waals surface area contributed by atoms with Crippen molar-refractivity contribution in [1.82, 2.24) is 4.90 Å². The molecule has 1 saturated heterocycles. The van der Waals surface area contributed by atoms with Crippen molar-refractivity contribution in [2.24, 2.45) is 5.92 Å². The largest absolute Gasteiger partial charge is 0.480 e. The van der Waals surface area contributed by atoms with Gasteiger partial charge in [-0.3, -0.25) is 4.79 Å². The van der Waals surface area contributed by atoms with Gasteiger partial charge in [0.05, 0.1) is 13.2 Å². The number of halogens is 1. The molecule has 1 aliphatic heterocycles. The van der Waals surface area contributed by atoms with Crippen LogP contribution in [0.2, 0.25) is 0 Å². The van der Waals surface area contributed by atoms with E-state index in [4.69, 9.17) is 9.84 Å². The lowest BCUT2D eigenvalue weighted by Gasteiger charge is -2.34. The number of carbonyl (C=O) groups excluding carboxylic acids is 1. The van der Waals surface area contributed by atoms with Crippen LogP contribution in [0.25, 0.3) is 0 Å². The van der Waals surface area contributed by atoms with Crippen molar-refractivity contribution in [3.63, 3.8) is 0 Å². The highest BCUT2D eigenvalue weighted by molar-refractivity contribution is 5.85. The van der Waals surface area contributed by atoms with Gasteiger partial charge in [-0.15, -0.1) is 0 Å². The van der Waals surface area contributed by atoms with E-state index in [-0.39, 0.29) is 30.8 Å². The highest BCUT2D eigenvalue weighted by Gasteiger charge is 2.34. The molecule has 1 fully saturated rings. The fourth-order valence-corrected chi connectivity index (χ4v) is 2.55. The predicted molar refractivity (Wildman–Crippen MR) is 77.8 cm³/mol. The summed E-state index contributed by atoms with van der Waals surface area (Å²) in [5.41, 5.74) is 0.568. The fourth-order valence-electron chi connectivity index (χ4n) is 2.55. The molecule has 1 aliphatic rings. The average molecular weight is 309 g/mol. The van der Waals surface area contributed by atoms with Gasteiger partial charge in [0.25, 0.3) is 0 Å². The molecular formula is C16H20FNO4. The van der Waals surface area contributed by atoms with E-state index in [0.717, 1.165) is 0 Å². The number of carboxylic acids is 1. The molecule has 0 aromatic heterocycles. The van der Waals surface area contributed by atoms with Crippen molar-refractivity contribution >= 4 is 11.9 Å². The van der Waals surface area contributed by atoms with Crippen molar-refractivity contribution in [2.45, 2.75) is 25.8 Å². The first-order chi connectivity index (χ1) is 10.5. The molecule has 1 heterocycles. The maximum Gasteiger partial charge on any atom is 0.328 e. The van der Waals surface area contributed by atoms with E-state index in [2.05, 4.69) is 0 Å². The van der Waals surface area contributed by atoms with Gasteiger partial charge in [0.15, 0.2) is 6.04 Å². The molecule has 1 aromatic rings. The minimum absolute atomic E-state index is 0.0150. The minimum Gasteiger partial charge on any atom is -0.480 e. The smallest absolute Gasteiger partial charge is 0.328 e. The molecule has 22 heavy (non-hydrogen) atoms. The van der Waals surface area contributed by atoms with E-state index < -0.39 is 12.0 Å². The Hall–Kier alpha value is -1.95. The number of ether oxygens (including phenoxy) is 1. The number of carboxylic acid groups (broad SMARTS) is 1. The van der Waals surface area contributed by atoms with Crippen LogP contribution in [0, 0.1) is 11.7 Å². The van der Waals surface area contributed by atoms with Crippen LogP contribution in [0.5, 0.6) is 0 Å². The fraction of sp³-hybridized carbons (Fsp3) is 0.500. The van der Waals surface area contributed by atoms with Gasteiger partial charge < -0.3 is 14.7 Å². The van der Waals surface area contributed by atoms with Gasteiger partial charge >= 0.3 is 5.97 Å². The van der Waals surface area contributed by atoms with Crippen LogP contribution >= 0.6 is 0 Å². The molecule has 1 aromatic carbocycles. The second-order valence-corrected chi connectivity index (χ2v) is 5.49. The number of hydrogen-bond acceptors (Lipinski definition) is 3. The molecule has 0 spiro atoms. The summed E-state index contributed by atoms with van der Waals surface area (Å²) in [6.45, 7) is 2.38. The Morgan fingerprint density at radius 3 is 2.86 bits per heavy atom. The summed E-state index contributed by atoms with van der Waals surface area (Å²) in [6, 6.07) is 5.54. The van der Waals surface area contributed by atoms with Crippen molar-refractivity contribution in [3.8, 4) is 0 Å². The number of hydrogen-bond donors (Lipinski definition) is 1. The monoisotopic (exact) mass is 309 g/mol. The van der Waals surface area contributed by atoms with E-state index in [1.807, 2.05) is 0 Å². The average Bonchev–Trinajstić information content (AvgIpc) is 2.53. The lowest BCUT2D eigenvalue weighted by molar-refractivity contribution is -0.160. The second kappa shape index (κ2) is 7.35. The van der Waals surface area contributed by atoms with Crippen LogP contribution in [0.15, 0.2) is 24.3 Å². The molecule has 0 saturated carbocycles. The molecule has 0 aliphatic carbocycles. The number of rotatable bonds is 5. The Bertz CT molecular complexity index is 549. The van der Waals surface area contributed by atoms with Crippen molar-refractivity contribution < 1.29 is 23.8 Å². The van der Waals surface area contributed by atoms with Gasteiger partial charge in [0.2, 0.25) is 5.91 Å². The van der Waals surface area contributed by atoms with E-state index in [0.29, 0.717) is 25.0 Å². The minimum atomic E-state index is -1.06. The molecular weight excluding hydrogens is 289 g/mol. The summed E-state index contributed by atoms with van der Waals surface area (Å²) >= 11 is 0. The first-order valence-electron chi connectivity index (χ1n) is 7.35. The van der Waals surface area contributed by atoms with Gasteiger partial charge in [0, 0.05) is 12.5 Å². The van der Waals surface area contributed by atoms with Crippen LogP contribution < -0.4 is 0 Å². The summed E-state index contributed by atoms with van der Waals surface area (Å²) in [6.07, 6.45) is 0.922. The summed E-state index contributed by atoms with van der Waals surface area (Å²) in [5, 5.41) is 9.16. The Balaban J connectivity index is 1.96. The van der Waals surface area contributed by atoms with Gasteiger partial charge in [-0.2, -0.15) is 0 Å². The molecule has 1 N–H and O–H groups in total. The topological polar surface area (TPSA) is 66.8 Å². The van der Waals surface area contributed by atoms with Crippen molar-refractivity contribution in [3.05, 3.63) is 35.6 Å². The molecule has 0 bridgehead atoms. The summed E-state index contributed by atoms with van der Waals surface area (Å²) in [4.78, 5) is 25.0. The van der Waals surface area contributed by atoms with Crippen LogP contribution in [0.3, 0.4) is 0 Å². The second-order valence-electron chi connectivity index (χ2n) is 5.49. The van der Waals surface area contributed by atoms with Gasteiger partial charge in [-0.05, 0) is 24.5 Å². The Morgan fingerprint density at radius 1 is 1.45 bits per heavy atom. The molecule has 2 rings (SSSR count). The molecule has 6 heteroatoms. The van der Waals surface area contributed by atoms with Gasteiger partial charge in [-0.1, -0.05) is 25.1 Å². The lowest BCUT2D eigenvalue weighted by atomic mass is 9.98. The number of aryl methyl sites for hydroxylation is 1. The highest BCUT2D eigenvalue weighted by atomic mass is 19.1. The zero-order valence-corrected chi connectivity index (χ0v) is 12.5. The van der Waals surface area contributed by atoms with Crippen LogP contribution in [0.1, 0.15) is 18.9 Å². The number of aliphatic carboxylic acids is 1. The van der Waals surface area contributed by atoms with Crippen LogP contribution in [-0.4, -0.2) is 47.7 Å². The van der Waals surface area contributed by atoms with Crippen LogP contribution in [0.4, 0.5) is 4.39 Å². The molecule has 0 unspecified atom stereocenters. The summed E-state index contributed by atoms with van der Waals surface area (Å²) < 4.78 is 18.7. The highest BCUT2D eigenvalue weighted by Crippen LogP contribution is 2.18. The molecule has 2 atom stereocenters. The quantitative estimate of drug-likeness (QED) is 0.899. The van der Waals surface area contributed by atoms with Gasteiger partial charge in [-0.25, -0.2) is 9.18 Å². The zero-order chi connectivity index (χ0) is 16.1. The zero-order valence-electron chi connectivity index (χ0n) is 12.5. The van der Waals surface area contributed by atoms with Crippen molar-refractivity contribution in [1.29, 1.82) is 0 Å². The molecule has 0 radical (unpaired) electrons. The van der Waals surface area contributed by atoms with E-state index in [1.165, 1.54) is 11.0 Å². The maximum atomic E-state index is 13.6. The number of morpholine rings is 1. The van der Waals surface area contributed by atoms with Gasteiger partial charge in [0.1, 0.15) is 5.82 Å².